The molecular formula is C19H25FIN3O2. The Labute approximate surface area is 170 Å². The van der Waals surface area contributed by atoms with Crippen LogP contribution in [0.3, 0.4) is 0 Å². The lowest BCUT2D eigenvalue weighted by Crippen LogP contribution is -2.38. The molecule has 5 nitrogen and oxygen atoms in total. The van der Waals surface area contributed by atoms with Gasteiger partial charge in [-0.15, -0.1) is 24.0 Å². The first-order valence-electron chi connectivity index (χ1n) is 8.25. The van der Waals surface area contributed by atoms with Gasteiger partial charge in [-0.2, -0.15) is 0 Å². The van der Waals surface area contributed by atoms with E-state index in [2.05, 4.69) is 15.6 Å². The minimum atomic E-state index is -0.227. The molecule has 142 valence electrons. The molecule has 0 saturated heterocycles. The standard InChI is InChI=1S/C19H24FN3O2.HI/c1-3-21-19(22-11-10-14-4-7-16(20)8-5-14)23-13-15-6-9-18(25-2)17(24)12-15;/h4-9,12,24H,3,10-11,13H2,1-2H3,(H2,21,22,23);1H. The number of ether oxygens (including phenoxy) is 1. The first-order chi connectivity index (χ1) is 12.1. The number of methoxy groups -OCH3 is 1. The molecule has 0 fully saturated rings. The third-order valence-electron chi connectivity index (χ3n) is 3.63. The second-order valence-electron chi connectivity index (χ2n) is 5.50. The Hall–Kier alpha value is -2.03. The van der Waals surface area contributed by atoms with Gasteiger partial charge in [0.1, 0.15) is 5.82 Å². The molecule has 0 radical (unpaired) electrons. The van der Waals surface area contributed by atoms with Gasteiger partial charge in [-0.05, 0) is 48.7 Å². The van der Waals surface area contributed by atoms with Gasteiger partial charge in [-0.25, -0.2) is 9.38 Å². The van der Waals surface area contributed by atoms with Gasteiger partial charge in [0.15, 0.2) is 17.5 Å². The van der Waals surface area contributed by atoms with Crippen molar-refractivity contribution in [3.8, 4) is 11.5 Å². The average molecular weight is 473 g/mol. The lowest BCUT2D eigenvalue weighted by Gasteiger charge is -2.11. The number of benzene rings is 2. The predicted molar refractivity (Wildman–Crippen MR) is 113 cm³/mol. The lowest BCUT2D eigenvalue weighted by molar-refractivity contribution is 0.373. The van der Waals surface area contributed by atoms with Crippen LogP contribution in [0.15, 0.2) is 47.5 Å². The smallest absolute Gasteiger partial charge is 0.191 e. The Morgan fingerprint density at radius 3 is 2.42 bits per heavy atom. The molecule has 7 heteroatoms. The van der Waals surface area contributed by atoms with Crippen LogP contribution in [0.25, 0.3) is 0 Å². The largest absolute Gasteiger partial charge is 0.504 e. The van der Waals surface area contributed by atoms with Crippen LogP contribution in [-0.4, -0.2) is 31.3 Å². The van der Waals surface area contributed by atoms with Gasteiger partial charge in [0.2, 0.25) is 0 Å². The monoisotopic (exact) mass is 473 g/mol. The van der Waals surface area contributed by atoms with Crippen LogP contribution in [0.2, 0.25) is 0 Å². The van der Waals surface area contributed by atoms with Crippen molar-refractivity contribution < 1.29 is 14.2 Å². The molecule has 0 atom stereocenters. The number of nitrogens with one attached hydrogen (secondary N) is 2. The third kappa shape index (κ3) is 7.07. The van der Waals surface area contributed by atoms with Crippen molar-refractivity contribution in [1.82, 2.24) is 10.6 Å². The molecule has 0 saturated carbocycles. The summed E-state index contributed by atoms with van der Waals surface area (Å²) in [7, 11) is 1.52. The van der Waals surface area contributed by atoms with Crippen LogP contribution in [0, 0.1) is 5.82 Å². The number of hydrogen-bond donors (Lipinski definition) is 3. The lowest BCUT2D eigenvalue weighted by atomic mass is 10.1. The van der Waals surface area contributed by atoms with E-state index in [1.807, 2.05) is 13.0 Å². The Kier molecular flexibility index (Phi) is 9.79. The van der Waals surface area contributed by atoms with Crippen LogP contribution in [0.5, 0.6) is 11.5 Å². The molecule has 2 rings (SSSR count). The van der Waals surface area contributed by atoms with Crippen molar-refractivity contribution in [1.29, 1.82) is 0 Å². The van der Waals surface area contributed by atoms with Crippen LogP contribution < -0.4 is 15.4 Å². The molecule has 0 amide bonds. The summed E-state index contributed by atoms with van der Waals surface area (Å²) in [6.07, 6.45) is 0.772. The van der Waals surface area contributed by atoms with E-state index >= 15 is 0 Å². The number of guanidine groups is 1. The first kappa shape index (κ1) is 22.0. The number of aliphatic imine (C=N–C) groups is 1. The summed E-state index contributed by atoms with van der Waals surface area (Å²) in [4.78, 5) is 4.51. The molecule has 2 aromatic rings. The number of halogens is 2. The molecular weight excluding hydrogens is 448 g/mol. The van der Waals surface area contributed by atoms with E-state index < -0.39 is 0 Å². The second kappa shape index (κ2) is 11.6. The maximum atomic E-state index is 12.9. The zero-order valence-corrected chi connectivity index (χ0v) is 17.3. The molecule has 3 N–H and O–H groups in total. The SMILES string of the molecule is CCNC(=NCc1ccc(OC)c(O)c1)NCCc1ccc(F)cc1.I. The fourth-order valence-electron chi connectivity index (χ4n) is 2.32. The number of hydrogen-bond acceptors (Lipinski definition) is 3. The van der Waals surface area contributed by atoms with Crippen molar-refractivity contribution in [3.63, 3.8) is 0 Å². The number of nitrogens with zero attached hydrogens (tertiary/aromatic N) is 1. The average Bonchev–Trinajstić information content (AvgIpc) is 2.61. The Morgan fingerprint density at radius 2 is 1.81 bits per heavy atom. The summed E-state index contributed by atoms with van der Waals surface area (Å²) in [6, 6.07) is 11.7. The quantitative estimate of drug-likeness (QED) is 0.328. The van der Waals surface area contributed by atoms with Crippen LogP contribution in [0.4, 0.5) is 4.39 Å². The van der Waals surface area contributed by atoms with Gasteiger partial charge in [0, 0.05) is 13.1 Å². The second-order valence-corrected chi connectivity index (χ2v) is 5.50. The minimum absolute atomic E-state index is 0. The van der Waals surface area contributed by atoms with Crippen molar-refractivity contribution in [2.24, 2.45) is 4.99 Å². The van der Waals surface area contributed by atoms with E-state index in [1.165, 1.54) is 19.2 Å². The van der Waals surface area contributed by atoms with Gasteiger partial charge in [0.25, 0.3) is 0 Å². The maximum Gasteiger partial charge on any atom is 0.191 e. The van der Waals surface area contributed by atoms with E-state index in [0.717, 1.165) is 24.1 Å². The molecule has 0 heterocycles. The molecule has 0 aromatic heterocycles. The Morgan fingerprint density at radius 1 is 1.12 bits per heavy atom. The van der Waals surface area contributed by atoms with E-state index in [1.54, 1.807) is 24.3 Å². The molecule has 0 aliphatic rings. The van der Waals surface area contributed by atoms with Gasteiger partial charge < -0.3 is 20.5 Å². The molecule has 0 aliphatic heterocycles. The summed E-state index contributed by atoms with van der Waals surface area (Å²) in [5, 5.41) is 16.2. The van der Waals surface area contributed by atoms with Gasteiger partial charge in [-0.3, -0.25) is 0 Å². The zero-order chi connectivity index (χ0) is 18.1. The molecule has 0 unspecified atom stereocenters. The van der Waals surface area contributed by atoms with E-state index in [9.17, 15) is 9.50 Å². The maximum absolute atomic E-state index is 12.9. The van der Waals surface area contributed by atoms with Crippen LogP contribution in [-0.2, 0) is 13.0 Å². The van der Waals surface area contributed by atoms with Crippen LogP contribution in [0.1, 0.15) is 18.1 Å². The number of phenolic OH excluding ortho intramolecular Hbond substituents is 1. The molecule has 0 spiro atoms. The highest BCUT2D eigenvalue weighted by Gasteiger charge is 2.03. The number of phenols is 1. The predicted octanol–water partition coefficient (Wildman–Crippen LogP) is 3.46. The number of rotatable bonds is 7. The summed E-state index contributed by atoms with van der Waals surface area (Å²) >= 11 is 0. The Balaban J connectivity index is 0.00000338. The van der Waals surface area contributed by atoms with E-state index in [4.69, 9.17) is 4.74 Å². The molecule has 26 heavy (non-hydrogen) atoms. The molecule has 2 aromatic carbocycles. The van der Waals surface area contributed by atoms with Crippen molar-refractivity contribution in [2.45, 2.75) is 19.9 Å². The first-order valence-corrected chi connectivity index (χ1v) is 8.25. The van der Waals surface area contributed by atoms with Gasteiger partial charge in [0.05, 0.1) is 13.7 Å². The van der Waals surface area contributed by atoms with Crippen LogP contribution >= 0.6 is 24.0 Å². The zero-order valence-electron chi connectivity index (χ0n) is 15.0. The molecule has 0 aliphatic carbocycles. The highest BCUT2D eigenvalue weighted by molar-refractivity contribution is 14.0. The van der Waals surface area contributed by atoms with Crippen molar-refractivity contribution in [3.05, 3.63) is 59.4 Å². The third-order valence-corrected chi connectivity index (χ3v) is 3.63. The van der Waals surface area contributed by atoms with Gasteiger partial charge in [-0.1, -0.05) is 18.2 Å². The van der Waals surface area contributed by atoms with E-state index in [-0.39, 0.29) is 35.5 Å². The summed E-state index contributed by atoms with van der Waals surface area (Å²) in [5.74, 6) is 1.01. The summed E-state index contributed by atoms with van der Waals surface area (Å²) < 4.78 is 17.9. The highest BCUT2D eigenvalue weighted by atomic mass is 127. The van der Waals surface area contributed by atoms with Crippen molar-refractivity contribution >= 4 is 29.9 Å². The molecule has 0 bridgehead atoms. The fourth-order valence-corrected chi connectivity index (χ4v) is 2.32. The normalized spacial score (nSPS) is 10.8. The number of aromatic hydroxyl groups is 1. The minimum Gasteiger partial charge on any atom is -0.504 e. The van der Waals surface area contributed by atoms with E-state index in [0.29, 0.717) is 24.8 Å². The summed E-state index contributed by atoms with van der Waals surface area (Å²) in [6.45, 7) is 3.86. The van der Waals surface area contributed by atoms with Gasteiger partial charge >= 0.3 is 0 Å². The fraction of sp³-hybridized carbons (Fsp3) is 0.316. The van der Waals surface area contributed by atoms with Crippen molar-refractivity contribution in [2.75, 3.05) is 20.2 Å². The Bertz CT molecular complexity index is 708. The summed E-state index contributed by atoms with van der Waals surface area (Å²) in [5.41, 5.74) is 1.94. The highest BCUT2D eigenvalue weighted by Crippen LogP contribution is 2.26. The topological polar surface area (TPSA) is 65.9 Å².